The van der Waals surface area contributed by atoms with E-state index >= 15 is 0 Å². The number of rotatable bonds is 6. The zero-order valence-corrected chi connectivity index (χ0v) is 15.0. The van der Waals surface area contributed by atoms with Crippen molar-refractivity contribution < 1.29 is 14.6 Å². The summed E-state index contributed by atoms with van der Waals surface area (Å²) in [7, 11) is 0. The Hall–Kier alpha value is -2.05. The first-order valence-corrected chi connectivity index (χ1v) is 9.53. The third-order valence-corrected chi connectivity index (χ3v) is 5.35. The van der Waals surface area contributed by atoms with Gasteiger partial charge in [-0.15, -0.1) is 11.3 Å². The Morgan fingerprint density at radius 2 is 2.16 bits per heavy atom. The predicted molar refractivity (Wildman–Crippen MR) is 98.8 cm³/mol. The fourth-order valence-electron chi connectivity index (χ4n) is 3.00. The number of nitrogens with one attached hydrogen (secondary N) is 1. The number of aliphatic hydroxyl groups is 1. The zero-order chi connectivity index (χ0) is 17.5. The van der Waals surface area contributed by atoms with Crippen LogP contribution < -0.4 is 10.1 Å². The maximum absolute atomic E-state index is 12.3. The van der Waals surface area contributed by atoms with Gasteiger partial charge in [-0.1, -0.05) is 18.2 Å². The Labute approximate surface area is 152 Å². The van der Waals surface area contributed by atoms with Crippen molar-refractivity contribution in [2.75, 3.05) is 13.2 Å². The number of benzene rings is 1. The Kier molecular flexibility index (Phi) is 6.30. The maximum Gasteiger partial charge on any atom is 0.318 e. The van der Waals surface area contributed by atoms with Crippen molar-refractivity contribution in [3.63, 3.8) is 0 Å². The van der Waals surface area contributed by atoms with E-state index in [4.69, 9.17) is 4.74 Å². The Morgan fingerprint density at radius 3 is 2.96 bits per heavy atom. The molecule has 2 heterocycles. The number of piperidine rings is 1. The summed E-state index contributed by atoms with van der Waals surface area (Å²) < 4.78 is 5.74. The molecule has 1 fully saturated rings. The second-order valence-corrected chi connectivity index (χ2v) is 7.20. The van der Waals surface area contributed by atoms with E-state index in [0.717, 1.165) is 42.0 Å². The lowest BCUT2D eigenvalue weighted by Crippen LogP contribution is -2.49. The van der Waals surface area contributed by atoms with Crippen molar-refractivity contribution in [3.8, 4) is 5.75 Å². The first kappa shape index (κ1) is 17.8. The number of hydrogen-bond acceptors (Lipinski definition) is 4. The Balaban J connectivity index is 1.47. The van der Waals surface area contributed by atoms with E-state index in [9.17, 15) is 9.90 Å². The summed E-state index contributed by atoms with van der Waals surface area (Å²) in [6.07, 6.45) is 2.96. The molecule has 1 aromatic heterocycles. The van der Waals surface area contributed by atoms with Gasteiger partial charge in [-0.25, -0.2) is 4.79 Å². The summed E-state index contributed by atoms with van der Waals surface area (Å²) in [5.74, 6) is 0.851. The van der Waals surface area contributed by atoms with Crippen molar-refractivity contribution in [1.82, 2.24) is 10.2 Å². The molecule has 1 aliphatic heterocycles. The minimum atomic E-state index is -0.0887. The lowest BCUT2D eigenvalue weighted by atomic mass is 10.0. The van der Waals surface area contributed by atoms with E-state index in [2.05, 4.69) is 16.8 Å². The number of aliphatic hydroxyl groups excluding tert-OH is 1. The number of amides is 2. The van der Waals surface area contributed by atoms with Crippen molar-refractivity contribution in [1.29, 1.82) is 0 Å². The minimum Gasteiger partial charge on any atom is -0.489 e. The number of thiophene rings is 1. The van der Waals surface area contributed by atoms with Gasteiger partial charge in [0.2, 0.25) is 0 Å². The fourth-order valence-corrected chi connectivity index (χ4v) is 3.81. The third-order valence-electron chi connectivity index (χ3n) is 4.37. The molecule has 6 heteroatoms. The predicted octanol–water partition coefficient (Wildman–Crippen LogP) is 3.38. The van der Waals surface area contributed by atoms with Crippen LogP contribution in [0.15, 0.2) is 41.8 Å². The topological polar surface area (TPSA) is 61.8 Å². The summed E-state index contributed by atoms with van der Waals surface area (Å²) >= 11 is 1.62. The van der Waals surface area contributed by atoms with Crippen LogP contribution in [0.25, 0.3) is 0 Å². The highest BCUT2D eigenvalue weighted by Gasteiger charge is 2.25. The molecule has 0 spiro atoms. The molecule has 1 unspecified atom stereocenters. The van der Waals surface area contributed by atoms with E-state index in [-0.39, 0.29) is 18.7 Å². The van der Waals surface area contributed by atoms with Gasteiger partial charge in [0.05, 0.1) is 19.2 Å². The van der Waals surface area contributed by atoms with E-state index in [0.29, 0.717) is 13.2 Å². The number of carbonyl (C=O) groups is 1. The van der Waals surface area contributed by atoms with Crippen molar-refractivity contribution in [2.45, 2.75) is 38.5 Å². The van der Waals surface area contributed by atoms with Crippen LogP contribution in [0.2, 0.25) is 0 Å². The van der Waals surface area contributed by atoms with Crippen molar-refractivity contribution >= 4 is 17.4 Å². The number of hydrogen-bond donors (Lipinski definition) is 2. The third kappa shape index (κ3) is 4.96. The summed E-state index contributed by atoms with van der Waals surface area (Å²) in [5.41, 5.74) is 1.10. The van der Waals surface area contributed by atoms with Crippen LogP contribution >= 0.6 is 11.3 Å². The maximum atomic E-state index is 12.3. The normalized spacial score (nSPS) is 17.3. The van der Waals surface area contributed by atoms with Gasteiger partial charge < -0.3 is 20.1 Å². The molecule has 3 rings (SSSR count). The number of nitrogens with zero attached hydrogens (tertiary/aromatic N) is 1. The molecule has 1 aliphatic rings. The average molecular weight is 360 g/mol. The molecule has 134 valence electrons. The lowest BCUT2D eigenvalue weighted by molar-refractivity contribution is 0.108. The second-order valence-electron chi connectivity index (χ2n) is 6.21. The highest BCUT2D eigenvalue weighted by Crippen LogP contribution is 2.19. The zero-order valence-electron chi connectivity index (χ0n) is 14.2. The molecule has 0 radical (unpaired) electrons. The van der Waals surface area contributed by atoms with Crippen LogP contribution in [0.1, 0.15) is 29.7 Å². The van der Waals surface area contributed by atoms with Gasteiger partial charge in [0, 0.05) is 17.0 Å². The SMILES string of the molecule is O=C(NCc1cc(COc2ccccc2)cs1)N1CCCCC1CO. The first-order valence-electron chi connectivity index (χ1n) is 8.65. The van der Waals surface area contributed by atoms with E-state index < -0.39 is 0 Å². The van der Waals surface area contributed by atoms with Gasteiger partial charge in [0.1, 0.15) is 12.4 Å². The lowest BCUT2D eigenvalue weighted by Gasteiger charge is -2.34. The smallest absolute Gasteiger partial charge is 0.318 e. The number of para-hydroxylation sites is 1. The highest BCUT2D eigenvalue weighted by atomic mass is 32.1. The van der Waals surface area contributed by atoms with Gasteiger partial charge in [-0.05, 0) is 42.8 Å². The molecule has 2 aromatic rings. The van der Waals surface area contributed by atoms with Crippen molar-refractivity contribution in [2.24, 2.45) is 0 Å². The molecule has 2 N–H and O–H groups in total. The van der Waals surface area contributed by atoms with Crippen LogP contribution in [-0.2, 0) is 13.2 Å². The van der Waals surface area contributed by atoms with Crippen LogP contribution in [0.3, 0.4) is 0 Å². The minimum absolute atomic E-state index is 0.0351. The molecule has 0 aliphatic carbocycles. The second kappa shape index (κ2) is 8.87. The Morgan fingerprint density at radius 1 is 1.32 bits per heavy atom. The van der Waals surface area contributed by atoms with Gasteiger partial charge in [-0.3, -0.25) is 0 Å². The van der Waals surface area contributed by atoms with Crippen LogP contribution in [0.5, 0.6) is 5.75 Å². The number of likely N-dealkylation sites (tertiary alicyclic amines) is 1. The van der Waals surface area contributed by atoms with Crippen molar-refractivity contribution in [3.05, 3.63) is 52.2 Å². The summed E-state index contributed by atoms with van der Waals surface area (Å²) in [6, 6.07) is 11.7. The highest BCUT2D eigenvalue weighted by molar-refractivity contribution is 7.10. The molecule has 1 aromatic carbocycles. The van der Waals surface area contributed by atoms with E-state index in [1.165, 1.54) is 0 Å². The summed E-state index contributed by atoms with van der Waals surface area (Å²) in [6.45, 7) is 1.78. The monoisotopic (exact) mass is 360 g/mol. The molecule has 1 saturated heterocycles. The fraction of sp³-hybridized carbons (Fsp3) is 0.421. The van der Waals surface area contributed by atoms with Gasteiger partial charge in [0.25, 0.3) is 0 Å². The first-order chi connectivity index (χ1) is 12.3. The molecule has 0 saturated carbocycles. The number of urea groups is 1. The number of ether oxygens (including phenoxy) is 1. The van der Waals surface area contributed by atoms with Gasteiger partial charge >= 0.3 is 6.03 Å². The average Bonchev–Trinajstić information content (AvgIpc) is 3.13. The molecule has 2 amide bonds. The molecular formula is C19H24N2O3S. The summed E-state index contributed by atoms with van der Waals surface area (Å²) in [4.78, 5) is 15.2. The van der Waals surface area contributed by atoms with Crippen LogP contribution in [0.4, 0.5) is 4.79 Å². The quantitative estimate of drug-likeness (QED) is 0.830. The molecule has 0 bridgehead atoms. The molecule has 1 atom stereocenters. The molecule has 25 heavy (non-hydrogen) atoms. The van der Waals surface area contributed by atoms with Crippen LogP contribution in [0, 0.1) is 0 Å². The van der Waals surface area contributed by atoms with Gasteiger partial charge in [-0.2, -0.15) is 0 Å². The van der Waals surface area contributed by atoms with Gasteiger partial charge in [0.15, 0.2) is 0 Å². The molecular weight excluding hydrogens is 336 g/mol. The van der Waals surface area contributed by atoms with Crippen LogP contribution in [-0.4, -0.2) is 35.2 Å². The molecule has 5 nitrogen and oxygen atoms in total. The number of carbonyl (C=O) groups excluding carboxylic acids is 1. The standard InChI is InChI=1S/C19H24N2O3S/c22-12-16-6-4-5-9-21(16)19(23)20-11-18-10-15(14-25-18)13-24-17-7-2-1-3-8-17/h1-3,7-8,10,14,16,22H,4-6,9,11-13H2,(H,20,23). The van der Waals surface area contributed by atoms with E-state index in [1.807, 2.05) is 30.3 Å². The largest absolute Gasteiger partial charge is 0.489 e. The van der Waals surface area contributed by atoms with E-state index in [1.54, 1.807) is 16.2 Å². The Bertz CT molecular complexity index is 674. The summed E-state index contributed by atoms with van der Waals surface area (Å²) in [5, 5.41) is 14.4.